The molecule has 0 aliphatic heterocycles. The predicted octanol–water partition coefficient (Wildman–Crippen LogP) is 1.45. The zero-order chi connectivity index (χ0) is 22.7. The molecule has 8 heteroatoms. The van der Waals surface area contributed by atoms with Crippen LogP contribution in [-0.4, -0.2) is 35.6 Å². The highest BCUT2D eigenvalue weighted by Crippen LogP contribution is 2.47. The third-order valence-corrected chi connectivity index (χ3v) is 6.02. The van der Waals surface area contributed by atoms with Crippen molar-refractivity contribution in [1.82, 2.24) is 14.9 Å². The van der Waals surface area contributed by atoms with E-state index in [4.69, 9.17) is 5.73 Å². The summed E-state index contributed by atoms with van der Waals surface area (Å²) >= 11 is 0. The highest BCUT2D eigenvalue weighted by atomic mass is 16.2. The molecule has 0 unspecified atom stereocenters. The van der Waals surface area contributed by atoms with Crippen molar-refractivity contribution in [3.8, 4) is 0 Å². The molecule has 32 heavy (non-hydrogen) atoms. The fraction of sp³-hybridized carbons (Fsp3) is 0.292. The highest BCUT2D eigenvalue weighted by Gasteiger charge is 2.44. The molecule has 1 fully saturated rings. The molecule has 4 rings (SSSR count). The maximum atomic E-state index is 12.6. The number of hydrogen-bond donors (Lipinski definition) is 3. The van der Waals surface area contributed by atoms with Gasteiger partial charge in [-0.25, -0.2) is 4.79 Å². The minimum atomic E-state index is -0.616. The molecule has 1 amide bonds. The second-order valence-electron chi connectivity index (χ2n) is 8.34. The third kappa shape index (κ3) is 4.44. The second kappa shape index (κ2) is 8.74. The molecule has 166 valence electrons. The molecule has 1 aliphatic carbocycles. The van der Waals surface area contributed by atoms with Crippen LogP contribution in [0.5, 0.6) is 0 Å². The molecule has 1 saturated carbocycles. The minimum Gasteiger partial charge on any atom is -0.383 e. The summed E-state index contributed by atoms with van der Waals surface area (Å²) in [6, 6.07) is 19.5. The Morgan fingerprint density at radius 1 is 1.09 bits per heavy atom. The molecule has 0 radical (unpaired) electrons. The number of carbonyl (C=O) groups is 1. The lowest BCUT2D eigenvalue weighted by molar-refractivity contribution is -0.119. The molecular weight excluding hydrogens is 406 g/mol. The van der Waals surface area contributed by atoms with Crippen LogP contribution >= 0.6 is 0 Å². The smallest absolute Gasteiger partial charge is 0.330 e. The van der Waals surface area contributed by atoms with Crippen molar-refractivity contribution in [2.45, 2.75) is 24.8 Å². The van der Waals surface area contributed by atoms with Crippen LogP contribution in [0.1, 0.15) is 24.0 Å². The topological polar surface area (TPSA) is 113 Å². The third-order valence-electron chi connectivity index (χ3n) is 6.02. The van der Waals surface area contributed by atoms with Gasteiger partial charge in [-0.05, 0) is 24.0 Å². The first-order valence-corrected chi connectivity index (χ1v) is 10.6. The lowest BCUT2D eigenvalue weighted by atomic mass is 9.96. The first-order valence-electron chi connectivity index (χ1n) is 10.6. The summed E-state index contributed by atoms with van der Waals surface area (Å²) in [5.41, 5.74) is 7.19. The lowest BCUT2D eigenvalue weighted by Crippen LogP contribution is -2.42. The fourth-order valence-electron chi connectivity index (χ4n) is 4.00. The summed E-state index contributed by atoms with van der Waals surface area (Å²) in [6.45, 7) is 0.708. The number of nitrogens with one attached hydrogen (secondary N) is 2. The van der Waals surface area contributed by atoms with Crippen LogP contribution in [0.4, 0.5) is 11.5 Å². The summed E-state index contributed by atoms with van der Waals surface area (Å²) in [6.07, 6.45) is 2.06. The van der Waals surface area contributed by atoms with E-state index < -0.39 is 11.2 Å². The summed E-state index contributed by atoms with van der Waals surface area (Å²) < 4.78 is 1.30. The van der Waals surface area contributed by atoms with Gasteiger partial charge in [0.05, 0.1) is 13.1 Å². The summed E-state index contributed by atoms with van der Waals surface area (Å²) in [4.78, 5) is 41.2. The van der Waals surface area contributed by atoms with Gasteiger partial charge in [-0.2, -0.15) is 0 Å². The van der Waals surface area contributed by atoms with Crippen molar-refractivity contribution in [2.24, 2.45) is 0 Å². The second-order valence-corrected chi connectivity index (χ2v) is 8.34. The summed E-state index contributed by atoms with van der Waals surface area (Å²) in [5, 5.41) is 2.99. The predicted molar refractivity (Wildman–Crippen MR) is 125 cm³/mol. The van der Waals surface area contributed by atoms with Gasteiger partial charge < -0.3 is 16.0 Å². The van der Waals surface area contributed by atoms with Gasteiger partial charge >= 0.3 is 5.69 Å². The van der Waals surface area contributed by atoms with Gasteiger partial charge in [0.1, 0.15) is 11.5 Å². The van der Waals surface area contributed by atoms with Crippen LogP contribution < -0.4 is 27.2 Å². The fourth-order valence-corrected chi connectivity index (χ4v) is 4.00. The summed E-state index contributed by atoms with van der Waals surface area (Å²) in [5.74, 6) is -0.185. The number of aromatic amines is 1. The number of H-pyrrole nitrogens is 1. The molecule has 0 bridgehead atoms. The number of amides is 1. The van der Waals surface area contributed by atoms with Crippen LogP contribution in [0.3, 0.4) is 0 Å². The number of carbonyl (C=O) groups excluding carboxylic acids is 1. The minimum absolute atomic E-state index is 0.00506. The first kappa shape index (κ1) is 21.4. The number of nitrogens with zero attached hydrogens (tertiary/aromatic N) is 2. The standard InChI is InChI=1S/C24H27N5O3/c1-28(15-19(30)26-16-24(12-13-24)18-10-6-3-7-11-18)20-21(25)29(23(32)27-22(20)31)14-17-8-4-2-5-9-17/h2-11H,12-16,25H2,1H3,(H,26,30)(H,27,31,32). The van der Waals surface area contributed by atoms with E-state index >= 15 is 0 Å². The Morgan fingerprint density at radius 3 is 2.34 bits per heavy atom. The van der Waals surface area contributed by atoms with Crippen molar-refractivity contribution in [3.63, 3.8) is 0 Å². The van der Waals surface area contributed by atoms with E-state index in [1.807, 2.05) is 48.5 Å². The SMILES string of the molecule is CN(CC(=O)NCC1(c2ccccc2)CC1)c1c(N)n(Cc2ccccc2)c(=O)[nH]c1=O. The van der Waals surface area contributed by atoms with Crippen molar-refractivity contribution >= 4 is 17.4 Å². The number of likely N-dealkylation sites (N-methyl/N-ethyl adjacent to an activating group) is 1. The Morgan fingerprint density at radius 2 is 1.72 bits per heavy atom. The monoisotopic (exact) mass is 433 g/mol. The number of aromatic nitrogens is 2. The van der Waals surface area contributed by atoms with E-state index in [1.165, 1.54) is 15.0 Å². The van der Waals surface area contributed by atoms with Crippen LogP contribution in [0.15, 0.2) is 70.3 Å². The zero-order valence-corrected chi connectivity index (χ0v) is 18.0. The number of benzene rings is 2. The van der Waals surface area contributed by atoms with Crippen LogP contribution in [0.2, 0.25) is 0 Å². The zero-order valence-electron chi connectivity index (χ0n) is 18.0. The number of nitrogens with two attached hydrogens (primary N) is 1. The number of hydrogen-bond acceptors (Lipinski definition) is 5. The normalized spacial score (nSPS) is 14.0. The number of anilines is 2. The van der Waals surface area contributed by atoms with E-state index in [0.29, 0.717) is 6.54 Å². The van der Waals surface area contributed by atoms with Gasteiger partial charge in [0.15, 0.2) is 0 Å². The van der Waals surface area contributed by atoms with E-state index in [1.54, 1.807) is 7.05 Å². The molecule has 8 nitrogen and oxygen atoms in total. The first-order chi connectivity index (χ1) is 15.4. The lowest BCUT2D eigenvalue weighted by Gasteiger charge is -2.22. The van der Waals surface area contributed by atoms with Crippen LogP contribution in [0.25, 0.3) is 0 Å². The van der Waals surface area contributed by atoms with Gasteiger partial charge in [0.25, 0.3) is 5.56 Å². The van der Waals surface area contributed by atoms with Crippen LogP contribution in [-0.2, 0) is 16.8 Å². The van der Waals surface area contributed by atoms with Gasteiger partial charge in [0, 0.05) is 19.0 Å². The number of rotatable bonds is 8. The van der Waals surface area contributed by atoms with Gasteiger partial charge in [-0.1, -0.05) is 60.7 Å². The number of nitrogen functional groups attached to an aromatic ring is 1. The molecule has 0 atom stereocenters. The van der Waals surface area contributed by atoms with Gasteiger partial charge in [-0.3, -0.25) is 19.1 Å². The molecule has 3 aromatic rings. The Bertz CT molecular complexity index is 1210. The van der Waals surface area contributed by atoms with E-state index in [-0.39, 0.29) is 35.9 Å². The van der Waals surface area contributed by atoms with Crippen LogP contribution in [0, 0.1) is 0 Å². The quantitative estimate of drug-likeness (QED) is 0.498. The van der Waals surface area contributed by atoms with Gasteiger partial charge in [0.2, 0.25) is 5.91 Å². The largest absolute Gasteiger partial charge is 0.383 e. The van der Waals surface area contributed by atoms with E-state index in [0.717, 1.165) is 18.4 Å². The Balaban J connectivity index is 1.46. The molecular formula is C24H27N5O3. The molecule has 1 heterocycles. The van der Waals surface area contributed by atoms with Crippen molar-refractivity contribution < 1.29 is 4.79 Å². The molecule has 1 aromatic heterocycles. The summed E-state index contributed by atoms with van der Waals surface area (Å²) in [7, 11) is 1.61. The molecule has 4 N–H and O–H groups in total. The maximum Gasteiger partial charge on any atom is 0.330 e. The van der Waals surface area contributed by atoms with Gasteiger partial charge in [-0.15, -0.1) is 0 Å². The van der Waals surface area contributed by atoms with Crippen molar-refractivity contribution in [1.29, 1.82) is 0 Å². The highest BCUT2D eigenvalue weighted by molar-refractivity contribution is 5.82. The van der Waals surface area contributed by atoms with E-state index in [9.17, 15) is 14.4 Å². The maximum absolute atomic E-state index is 12.6. The Hall–Kier alpha value is -3.81. The Kier molecular flexibility index (Phi) is 5.85. The van der Waals surface area contributed by atoms with E-state index in [2.05, 4.69) is 22.4 Å². The Labute approximate surface area is 185 Å². The average molecular weight is 434 g/mol. The molecule has 0 spiro atoms. The average Bonchev–Trinajstić information content (AvgIpc) is 3.58. The van der Waals surface area contributed by atoms with Crippen molar-refractivity contribution in [2.75, 3.05) is 30.8 Å². The molecule has 0 saturated heterocycles. The molecule has 2 aromatic carbocycles. The molecule has 1 aliphatic rings. The van der Waals surface area contributed by atoms with Crippen molar-refractivity contribution in [3.05, 3.63) is 92.6 Å².